The van der Waals surface area contributed by atoms with E-state index in [0.29, 0.717) is 17.0 Å². The summed E-state index contributed by atoms with van der Waals surface area (Å²) in [5.41, 5.74) is 1.41. The molecule has 0 radical (unpaired) electrons. The lowest BCUT2D eigenvalue weighted by molar-refractivity contribution is -0.122. The Bertz CT molecular complexity index is 1170. The Morgan fingerprint density at radius 1 is 0.871 bits per heavy atom. The second kappa shape index (κ2) is 8.62. The quantitative estimate of drug-likeness (QED) is 0.503. The molecule has 1 aliphatic rings. The van der Waals surface area contributed by atoms with Gasteiger partial charge in [0, 0.05) is 5.56 Å². The lowest BCUT2D eigenvalue weighted by atomic mass is 10.1. The second-order valence-corrected chi connectivity index (χ2v) is 6.75. The van der Waals surface area contributed by atoms with Crippen molar-refractivity contribution in [2.24, 2.45) is 0 Å². The van der Waals surface area contributed by atoms with Crippen LogP contribution in [0.3, 0.4) is 0 Å². The monoisotopic (exact) mass is 416 g/mol. The van der Waals surface area contributed by atoms with Gasteiger partial charge in [0.2, 0.25) is 0 Å². The van der Waals surface area contributed by atoms with Gasteiger partial charge in [-0.1, -0.05) is 48.5 Å². The molecule has 31 heavy (non-hydrogen) atoms. The number of urea groups is 1. The largest absolute Gasteiger partial charge is 0.488 e. The summed E-state index contributed by atoms with van der Waals surface area (Å²) in [6.07, 6.45) is 1.39. The van der Waals surface area contributed by atoms with Gasteiger partial charge in [0.25, 0.3) is 11.8 Å². The van der Waals surface area contributed by atoms with E-state index in [1.165, 1.54) is 18.2 Å². The third-order valence-corrected chi connectivity index (χ3v) is 4.64. The smallest absolute Gasteiger partial charge is 0.335 e. The Hall–Kier alpha value is -4.26. The van der Waals surface area contributed by atoms with Crippen molar-refractivity contribution >= 4 is 29.6 Å². The number of hydrogen-bond acceptors (Lipinski definition) is 4. The highest BCUT2D eigenvalue weighted by Crippen LogP contribution is 2.26. The van der Waals surface area contributed by atoms with Crippen molar-refractivity contribution in [3.8, 4) is 5.75 Å². The molecular formula is C24H17FN2O4. The fraction of sp³-hybridized carbons (Fsp3) is 0.0417. The standard InChI is InChI=1S/C24H17FN2O4/c25-18-12-10-16(11-13-18)15-31-21-9-5-4-6-17(21)14-20-22(28)26-24(30)27(23(20)29)19-7-2-1-3-8-19/h1-14H,15H2,(H,26,28,30). The molecule has 0 saturated carbocycles. The number of imide groups is 2. The van der Waals surface area contributed by atoms with Crippen LogP contribution in [0.4, 0.5) is 14.9 Å². The Morgan fingerprint density at radius 3 is 2.29 bits per heavy atom. The highest BCUT2D eigenvalue weighted by Gasteiger charge is 2.36. The van der Waals surface area contributed by atoms with E-state index >= 15 is 0 Å². The van der Waals surface area contributed by atoms with Crippen molar-refractivity contribution in [2.45, 2.75) is 6.61 Å². The number of anilines is 1. The van der Waals surface area contributed by atoms with Crippen LogP contribution in [-0.4, -0.2) is 17.8 Å². The average Bonchev–Trinajstić information content (AvgIpc) is 2.77. The first-order valence-corrected chi connectivity index (χ1v) is 9.46. The van der Waals surface area contributed by atoms with Crippen molar-refractivity contribution < 1.29 is 23.5 Å². The van der Waals surface area contributed by atoms with Crippen LogP contribution < -0.4 is 15.0 Å². The van der Waals surface area contributed by atoms with Gasteiger partial charge in [-0.25, -0.2) is 14.1 Å². The summed E-state index contributed by atoms with van der Waals surface area (Å²) in [5, 5.41) is 2.19. The average molecular weight is 416 g/mol. The summed E-state index contributed by atoms with van der Waals surface area (Å²) in [4.78, 5) is 38.5. The van der Waals surface area contributed by atoms with Gasteiger partial charge in [-0.15, -0.1) is 0 Å². The summed E-state index contributed by atoms with van der Waals surface area (Å²) < 4.78 is 18.9. The van der Waals surface area contributed by atoms with Crippen LogP contribution in [0.5, 0.6) is 5.75 Å². The number of amides is 4. The molecule has 1 N–H and O–H groups in total. The van der Waals surface area contributed by atoms with E-state index < -0.39 is 17.8 Å². The van der Waals surface area contributed by atoms with E-state index in [1.807, 2.05) is 0 Å². The molecule has 0 aromatic heterocycles. The van der Waals surface area contributed by atoms with Crippen molar-refractivity contribution in [2.75, 3.05) is 4.90 Å². The van der Waals surface area contributed by atoms with E-state index in [2.05, 4.69) is 5.32 Å². The van der Waals surface area contributed by atoms with Gasteiger partial charge >= 0.3 is 6.03 Å². The zero-order valence-electron chi connectivity index (χ0n) is 16.2. The molecule has 3 aromatic carbocycles. The van der Waals surface area contributed by atoms with Crippen LogP contribution in [-0.2, 0) is 16.2 Å². The predicted molar refractivity (Wildman–Crippen MR) is 113 cm³/mol. The van der Waals surface area contributed by atoms with Gasteiger partial charge in [-0.2, -0.15) is 0 Å². The topological polar surface area (TPSA) is 75.7 Å². The molecule has 154 valence electrons. The number of nitrogens with one attached hydrogen (secondary N) is 1. The highest BCUT2D eigenvalue weighted by atomic mass is 19.1. The fourth-order valence-electron chi connectivity index (χ4n) is 3.10. The number of barbiturate groups is 1. The molecule has 4 amide bonds. The first-order valence-electron chi connectivity index (χ1n) is 9.46. The molecule has 4 rings (SSSR count). The molecular weight excluding hydrogens is 399 g/mol. The summed E-state index contributed by atoms with van der Waals surface area (Å²) in [6.45, 7) is 0.176. The van der Waals surface area contributed by atoms with Crippen molar-refractivity contribution in [1.82, 2.24) is 5.32 Å². The molecule has 1 aliphatic heterocycles. The number of rotatable bonds is 5. The summed E-state index contributed by atoms with van der Waals surface area (Å²) >= 11 is 0. The third kappa shape index (κ3) is 4.35. The summed E-state index contributed by atoms with van der Waals surface area (Å²) in [6, 6.07) is 20.3. The molecule has 0 spiro atoms. The molecule has 0 atom stereocenters. The van der Waals surface area contributed by atoms with E-state index in [-0.39, 0.29) is 18.0 Å². The molecule has 7 heteroatoms. The second-order valence-electron chi connectivity index (χ2n) is 6.75. The first-order chi connectivity index (χ1) is 15.0. The maximum atomic E-state index is 13.1. The van der Waals surface area contributed by atoms with Gasteiger partial charge in [-0.05, 0) is 42.0 Å². The minimum Gasteiger partial charge on any atom is -0.488 e. The maximum Gasteiger partial charge on any atom is 0.335 e. The molecule has 6 nitrogen and oxygen atoms in total. The lowest BCUT2D eigenvalue weighted by Crippen LogP contribution is -2.54. The molecule has 3 aromatic rings. The summed E-state index contributed by atoms with van der Waals surface area (Å²) in [5.74, 6) is -1.42. The molecule has 1 saturated heterocycles. The van der Waals surface area contributed by atoms with Crippen molar-refractivity contribution in [3.63, 3.8) is 0 Å². The first kappa shape index (κ1) is 20.0. The van der Waals surface area contributed by atoms with Crippen LogP contribution >= 0.6 is 0 Å². The number of halogens is 1. The normalized spacial score (nSPS) is 15.2. The van der Waals surface area contributed by atoms with Gasteiger partial charge in [0.05, 0.1) is 5.69 Å². The number of para-hydroxylation sites is 2. The van der Waals surface area contributed by atoms with E-state index in [0.717, 1.165) is 10.5 Å². The Labute approximate surface area is 177 Å². The minimum atomic E-state index is -0.806. The number of hydrogen-bond donors (Lipinski definition) is 1. The van der Waals surface area contributed by atoms with Crippen LogP contribution in [0, 0.1) is 5.82 Å². The van der Waals surface area contributed by atoms with Gasteiger partial charge in [0.15, 0.2) is 0 Å². The van der Waals surface area contributed by atoms with Crippen LogP contribution in [0.15, 0.2) is 84.4 Å². The van der Waals surface area contributed by atoms with Crippen molar-refractivity contribution in [3.05, 3.63) is 101 Å². The van der Waals surface area contributed by atoms with Gasteiger partial charge in [0.1, 0.15) is 23.7 Å². The zero-order chi connectivity index (χ0) is 21.8. The van der Waals surface area contributed by atoms with E-state index in [9.17, 15) is 18.8 Å². The Kier molecular flexibility index (Phi) is 5.57. The van der Waals surface area contributed by atoms with Gasteiger partial charge in [-0.3, -0.25) is 14.9 Å². The molecule has 1 fully saturated rings. The lowest BCUT2D eigenvalue weighted by Gasteiger charge is -2.26. The molecule has 0 aliphatic carbocycles. The number of ether oxygens (including phenoxy) is 1. The van der Waals surface area contributed by atoms with E-state index in [4.69, 9.17) is 4.74 Å². The van der Waals surface area contributed by atoms with Crippen LogP contribution in [0.25, 0.3) is 6.08 Å². The number of nitrogens with zero attached hydrogens (tertiary/aromatic N) is 1. The Morgan fingerprint density at radius 2 is 1.55 bits per heavy atom. The third-order valence-electron chi connectivity index (χ3n) is 4.64. The number of carbonyl (C=O) groups is 3. The highest BCUT2D eigenvalue weighted by molar-refractivity contribution is 6.39. The predicted octanol–water partition coefficient (Wildman–Crippen LogP) is 4.07. The van der Waals surface area contributed by atoms with Crippen molar-refractivity contribution in [1.29, 1.82) is 0 Å². The molecule has 1 heterocycles. The van der Waals surface area contributed by atoms with Crippen LogP contribution in [0.2, 0.25) is 0 Å². The van der Waals surface area contributed by atoms with Crippen LogP contribution in [0.1, 0.15) is 11.1 Å². The maximum absolute atomic E-state index is 13.1. The number of benzene rings is 3. The van der Waals surface area contributed by atoms with E-state index in [1.54, 1.807) is 66.7 Å². The molecule has 0 unspecified atom stereocenters. The SMILES string of the molecule is O=C1NC(=O)N(c2ccccc2)C(=O)C1=Cc1ccccc1OCc1ccc(F)cc1. The zero-order valence-corrected chi connectivity index (χ0v) is 16.2. The molecule has 0 bridgehead atoms. The minimum absolute atomic E-state index is 0.176. The number of carbonyl (C=O) groups excluding carboxylic acids is 3. The summed E-state index contributed by atoms with van der Waals surface area (Å²) in [7, 11) is 0. The van der Waals surface area contributed by atoms with Gasteiger partial charge < -0.3 is 4.74 Å². The Balaban J connectivity index is 1.62. The fourth-order valence-corrected chi connectivity index (χ4v) is 3.10.